The minimum Gasteiger partial charge on any atom is -0.0622 e. The van der Waals surface area contributed by atoms with Gasteiger partial charge in [-0.05, 0) is 71.7 Å². The molecule has 7 rings (SSSR count). The molecule has 0 aliphatic rings. The molecule has 0 aliphatic heterocycles. The topological polar surface area (TPSA) is 0 Å². The zero-order valence-corrected chi connectivity index (χ0v) is 19.8. The van der Waals surface area contributed by atoms with Crippen molar-refractivity contribution in [3.8, 4) is 33.4 Å². The largest absolute Gasteiger partial charge is 0.0636 e. The van der Waals surface area contributed by atoms with Crippen LogP contribution in [-0.2, 0) is 0 Å². The maximum Gasteiger partial charge on any atom is 0.0636 e. The first-order valence-electron chi connectivity index (χ1n) is 12.9. The number of benzene rings is 7. The molecule has 0 fully saturated rings. The Hall–Kier alpha value is -4.68. The second kappa shape index (κ2) is 8.52. The summed E-state index contributed by atoms with van der Waals surface area (Å²) in [6, 6.07) is 49.8. The summed E-state index contributed by atoms with van der Waals surface area (Å²) in [6.45, 7) is 0. The summed E-state index contributed by atoms with van der Waals surface area (Å²) < 4.78 is 8.82. The first-order valence-corrected chi connectivity index (χ1v) is 12.4. The minimum atomic E-state index is 0.578. The molecule has 0 bridgehead atoms. The van der Waals surface area contributed by atoms with Crippen molar-refractivity contribution in [2.75, 3.05) is 0 Å². The lowest BCUT2D eigenvalue weighted by atomic mass is 9.86. The molecule has 0 nitrogen and oxygen atoms in total. The second-order valence-corrected chi connectivity index (χ2v) is 9.24. The first-order chi connectivity index (χ1) is 18.3. The summed E-state index contributed by atoms with van der Waals surface area (Å²) >= 11 is 0. The minimum absolute atomic E-state index is 0.578. The lowest BCUT2D eigenvalue weighted by Gasteiger charge is -2.18. The van der Waals surface area contributed by atoms with E-state index in [9.17, 15) is 0 Å². The number of rotatable bonds is 3. The highest BCUT2D eigenvalue weighted by molar-refractivity contribution is 6.21. The number of hydrogen-bond donors (Lipinski definition) is 0. The van der Waals surface area contributed by atoms with Crippen LogP contribution in [0.15, 0.2) is 146 Å². The van der Waals surface area contributed by atoms with Crippen LogP contribution in [0.1, 0.15) is 1.37 Å². The second-order valence-electron chi connectivity index (χ2n) is 9.24. The highest BCUT2D eigenvalue weighted by Crippen LogP contribution is 2.43. The maximum absolute atomic E-state index is 8.82. The van der Waals surface area contributed by atoms with Crippen LogP contribution < -0.4 is 0 Å². The number of fused-ring (bicyclic) bond motifs is 3. The van der Waals surface area contributed by atoms with Gasteiger partial charge in [-0.1, -0.05) is 140 Å². The Bertz CT molecular complexity index is 1860. The Morgan fingerprint density at radius 3 is 1.31 bits per heavy atom. The molecule has 36 heavy (non-hydrogen) atoms. The van der Waals surface area contributed by atoms with Gasteiger partial charge in [0, 0.05) is 0 Å². The Labute approximate surface area is 212 Å². The van der Waals surface area contributed by atoms with Crippen molar-refractivity contribution in [1.82, 2.24) is 0 Å². The molecule has 0 aliphatic carbocycles. The molecule has 168 valence electrons. The average Bonchev–Trinajstić information content (AvgIpc) is 2.97. The van der Waals surface area contributed by atoms with E-state index < -0.39 is 0 Å². The molecule has 0 unspecified atom stereocenters. The van der Waals surface area contributed by atoms with Crippen molar-refractivity contribution in [3.63, 3.8) is 0 Å². The van der Waals surface area contributed by atoms with E-state index in [1.807, 2.05) is 18.2 Å². The molecule has 0 saturated heterocycles. The van der Waals surface area contributed by atoms with Crippen LogP contribution in [0, 0.1) is 0 Å². The Morgan fingerprint density at radius 1 is 0.306 bits per heavy atom. The van der Waals surface area contributed by atoms with Gasteiger partial charge in [-0.2, -0.15) is 0 Å². The molecule has 0 amide bonds. The maximum atomic E-state index is 8.82. The van der Waals surface area contributed by atoms with Crippen LogP contribution in [0.5, 0.6) is 0 Å². The summed E-state index contributed by atoms with van der Waals surface area (Å²) in [6.07, 6.45) is 0. The third-order valence-corrected chi connectivity index (χ3v) is 7.14. The zero-order valence-electron chi connectivity index (χ0n) is 20.8. The van der Waals surface area contributed by atoms with E-state index in [0.29, 0.717) is 6.04 Å². The molecule has 0 radical (unpaired) electrons. The molecule has 0 aromatic heterocycles. The van der Waals surface area contributed by atoms with Gasteiger partial charge in [0.05, 0.1) is 1.37 Å². The van der Waals surface area contributed by atoms with E-state index in [2.05, 4.69) is 121 Å². The van der Waals surface area contributed by atoms with Crippen LogP contribution in [0.25, 0.3) is 65.7 Å². The predicted molar refractivity (Wildman–Crippen MR) is 155 cm³/mol. The van der Waals surface area contributed by atoms with E-state index in [1.54, 1.807) is 0 Å². The van der Waals surface area contributed by atoms with Gasteiger partial charge in [-0.25, -0.2) is 0 Å². The van der Waals surface area contributed by atoms with Gasteiger partial charge in [0.2, 0.25) is 0 Å². The summed E-state index contributed by atoms with van der Waals surface area (Å²) in [5.74, 6) is 0. The van der Waals surface area contributed by atoms with Crippen LogP contribution in [-0.4, -0.2) is 0 Å². The monoisotopic (exact) mass is 457 g/mol. The lowest BCUT2D eigenvalue weighted by Crippen LogP contribution is -1.90. The highest BCUT2D eigenvalue weighted by atomic mass is 14.2. The van der Waals surface area contributed by atoms with Crippen LogP contribution in [0.3, 0.4) is 0 Å². The van der Waals surface area contributed by atoms with Gasteiger partial charge in [0.1, 0.15) is 0 Å². The van der Waals surface area contributed by atoms with Crippen molar-refractivity contribution < 1.29 is 1.37 Å². The standard InChI is InChI=1S/C36H24/c1-2-11-27(12-3-1)35-31-14-6-8-16-33(31)36(34-17-9-7-15-32(34)35)28-21-18-26(19-22-28)30-23-20-25-10-4-5-13-29(25)24-30/h1-24H/i24D. The Kier molecular flexibility index (Phi) is 4.64. The highest BCUT2D eigenvalue weighted by Gasteiger charge is 2.16. The van der Waals surface area contributed by atoms with Gasteiger partial charge in [0.25, 0.3) is 0 Å². The van der Waals surface area contributed by atoms with E-state index in [0.717, 1.165) is 21.9 Å². The quantitative estimate of drug-likeness (QED) is 0.232. The Balaban J connectivity index is 1.45. The smallest absolute Gasteiger partial charge is 0.0622 e. The van der Waals surface area contributed by atoms with Gasteiger partial charge in [-0.3, -0.25) is 0 Å². The summed E-state index contributed by atoms with van der Waals surface area (Å²) in [5.41, 5.74) is 6.97. The molecular formula is C36H24. The van der Waals surface area contributed by atoms with Crippen molar-refractivity contribution >= 4 is 32.3 Å². The Morgan fingerprint density at radius 2 is 0.722 bits per heavy atom. The lowest BCUT2D eigenvalue weighted by molar-refractivity contribution is 1.62. The van der Waals surface area contributed by atoms with Crippen molar-refractivity contribution in [1.29, 1.82) is 0 Å². The van der Waals surface area contributed by atoms with Crippen LogP contribution in [0.4, 0.5) is 0 Å². The average molecular weight is 458 g/mol. The fraction of sp³-hybridized carbons (Fsp3) is 0. The molecule has 7 aromatic carbocycles. The van der Waals surface area contributed by atoms with Crippen LogP contribution in [0.2, 0.25) is 0 Å². The molecule has 0 atom stereocenters. The normalized spacial score (nSPS) is 11.7. The number of hydrogen-bond acceptors (Lipinski definition) is 0. The molecule has 0 heterocycles. The summed E-state index contributed by atoms with van der Waals surface area (Å²) in [4.78, 5) is 0. The van der Waals surface area contributed by atoms with E-state index in [-0.39, 0.29) is 0 Å². The van der Waals surface area contributed by atoms with Gasteiger partial charge in [-0.15, -0.1) is 0 Å². The molecule has 0 N–H and O–H groups in total. The van der Waals surface area contributed by atoms with Gasteiger partial charge < -0.3 is 0 Å². The summed E-state index contributed by atoms with van der Waals surface area (Å²) in [7, 11) is 0. The SMILES string of the molecule is [2H]c1c(-c2ccc(-c3c4ccccc4c(-c4ccccc4)c4ccccc34)cc2)ccc2ccccc12. The van der Waals surface area contributed by atoms with E-state index in [1.165, 1.54) is 43.8 Å². The van der Waals surface area contributed by atoms with Crippen molar-refractivity contribution in [3.05, 3.63) is 146 Å². The molecular weight excluding hydrogens is 432 g/mol. The van der Waals surface area contributed by atoms with Crippen LogP contribution >= 0.6 is 0 Å². The fourth-order valence-electron chi connectivity index (χ4n) is 5.46. The van der Waals surface area contributed by atoms with Crippen molar-refractivity contribution in [2.24, 2.45) is 0 Å². The van der Waals surface area contributed by atoms with Gasteiger partial charge >= 0.3 is 0 Å². The first kappa shape index (κ1) is 19.6. The van der Waals surface area contributed by atoms with Crippen molar-refractivity contribution in [2.45, 2.75) is 0 Å². The third-order valence-electron chi connectivity index (χ3n) is 7.14. The third kappa shape index (κ3) is 3.39. The predicted octanol–water partition coefficient (Wildman–Crippen LogP) is 10.1. The fourth-order valence-corrected chi connectivity index (χ4v) is 5.46. The molecule has 0 saturated carbocycles. The van der Waals surface area contributed by atoms with Gasteiger partial charge in [0.15, 0.2) is 0 Å². The molecule has 7 aromatic rings. The summed E-state index contributed by atoms with van der Waals surface area (Å²) in [5, 5.41) is 7.10. The van der Waals surface area contributed by atoms with E-state index >= 15 is 0 Å². The molecule has 0 spiro atoms. The van der Waals surface area contributed by atoms with E-state index in [4.69, 9.17) is 1.37 Å². The zero-order chi connectivity index (χ0) is 24.8. The molecule has 0 heteroatoms.